The van der Waals surface area contributed by atoms with Crippen LogP contribution in [0.25, 0.3) is 0 Å². The molecule has 1 aromatic rings. The summed E-state index contributed by atoms with van der Waals surface area (Å²) in [6.45, 7) is 11.4. The van der Waals surface area contributed by atoms with Crippen LogP contribution < -0.4 is 15.4 Å². The molecule has 0 bridgehead atoms. The van der Waals surface area contributed by atoms with Gasteiger partial charge in [-0.1, -0.05) is 6.07 Å². The fourth-order valence-electron chi connectivity index (χ4n) is 2.46. The first-order chi connectivity index (χ1) is 11.0. The van der Waals surface area contributed by atoms with E-state index in [4.69, 9.17) is 4.74 Å². The molecule has 1 aromatic heterocycles. The van der Waals surface area contributed by atoms with Gasteiger partial charge in [-0.05, 0) is 33.3 Å². The molecule has 138 valence electrons. The average Bonchev–Trinajstić information content (AvgIpc) is 2.54. The van der Waals surface area contributed by atoms with Gasteiger partial charge in [0, 0.05) is 51.0 Å². The Labute approximate surface area is 163 Å². The van der Waals surface area contributed by atoms with E-state index in [0.29, 0.717) is 24.5 Å². The van der Waals surface area contributed by atoms with E-state index in [1.807, 2.05) is 12.1 Å². The molecule has 0 saturated carbocycles. The molecule has 1 heterocycles. The maximum absolute atomic E-state index is 5.06. The van der Waals surface area contributed by atoms with E-state index in [9.17, 15) is 0 Å². The smallest absolute Gasteiger partial charge is 0.212 e. The second-order valence-electron chi connectivity index (χ2n) is 5.99. The van der Waals surface area contributed by atoms with Gasteiger partial charge in [-0.15, -0.1) is 24.0 Å². The number of aromatic nitrogens is 1. The Kier molecular flexibility index (Phi) is 11.7. The predicted octanol–water partition coefficient (Wildman–Crippen LogP) is 2.49. The lowest BCUT2D eigenvalue weighted by Gasteiger charge is -2.30. The van der Waals surface area contributed by atoms with E-state index in [-0.39, 0.29) is 24.0 Å². The van der Waals surface area contributed by atoms with E-state index < -0.39 is 0 Å². The van der Waals surface area contributed by atoms with Crippen molar-refractivity contribution in [3.05, 3.63) is 23.9 Å². The second-order valence-corrected chi connectivity index (χ2v) is 5.99. The summed E-state index contributed by atoms with van der Waals surface area (Å²) in [6.07, 6.45) is 1.80. The summed E-state index contributed by atoms with van der Waals surface area (Å²) in [4.78, 5) is 10.9. The number of guanidine groups is 1. The van der Waals surface area contributed by atoms with Gasteiger partial charge in [0.25, 0.3) is 0 Å². The number of ether oxygens (including phenoxy) is 1. The molecule has 24 heavy (non-hydrogen) atoms. The molecular weight excluding hydrogens is 417 g/mol. The molecule has 6 nitrogen and oxygen atoms in total. The number of pyridine rings is 1. The number of hydrogen-bond donors (Lipinski definition) is 2. The van der Waals surface area contributed by atoms with Gasteiger partial charge in [0.1, 0.15) is 0 Å². The third-order valence-corrected chi connectivity index (χ3v) is 3.68. The van der Waals surface area contributed by atoms with Crippen LogP contribution in [0.4, 0.5) is 0 Å². The summed E-state index contributed by atoms with van der Waals surface area (Å²) in [6, 6.07) is 4.93. The normalized spacial score (nSPS) is 11.6. The van der Waals surface area contributed by atoms with Crippen LogP contribution in [-0.4, -0.2) is 55.2 Å². The first kappa shape index (κ1) is 22.9. The zero-order valence-electron chi connectivity index (χ0n) is 15.7. The van der Waals surface area contributed by atoms with Gasteiger partial charge in [-0.3, -0.25) is 9.89 Å². The molecule has 0 spiro atoms. The molecular formula is C17H32IN5O. The molecule has 1 rings (SSSR count). The molecule has 7 heteroatoms. The number of methoxy groups -OCH3 is 1. The van der Waals surface area contributed by atoms with Crippen LogP contribution in [0.5, 0.6) is 5.88 Å². The third-order valence-electron chi connectivity index (χ3n) is 3.68. The van der Waals surface area contributed by atoms with E-state index in [1.165, 1.54) is 0 Å². The van der Waals surface area contributed by atoms with Crippen molar-refractivity contribution in [1.82, 2.24) is 20.5 Å². The number of nitrogens with zero attached hydrogens (tertiary/aromatic N) is 3. The highest BCUT2D eigenvalue weighted by molar-refractivity contribution is 14.0. The summed E-state index contributed by atoms with van der Waals surface area (Å²) in [5.74, 6) is 1.42. The average molecular weight is 449 g/mol. The Morgan fingerprint density at radius 1 is 1.21 bits per heavy atom. The Morgan fingerprint density at radius 2 is 1.88 bits per heavy atom. The highest BCUT2D eigenvalue weighted by Gasteiger charge is 2.12. The highest BCUT2D eigenvalue weighted by Crippen LogP contribution is 2.06. The number of nitrogens with one attached hydrogen (secondary N) is 2. The largest absolute Gasteiger partial charge is 0.481 e. The lowest BCUT2D eigenvalue weighted by atomic mass is 10.2. The topological polar surface area (TPSA) is 61.8 Å². The quantitative estimate of drug-likeness (QED) is 0.363. The van der Waals surface area contributed by atoms with Gasteiger partial charge in [0.15, 0.2) is 5.96 Å². The summed E-state index contributed by atoms with van der Waals surface area (Å²) in [5, 5.41) is 6.65. The summed E-state index contributed by atoms with van der Waals surface area (Å²) < 4.78 is 5.06. The van der Waals surface area contributed by atoms with Crippen LogP contribution in [0.3, 0.4) is 0 Å². The van der Waals surface area contributed by atoms with Crippen molar-refractivity contribution in [2.75, 3.05) is 27.2 Å². The van der Waals surface area contributed by atoms with Crippen molar-refractivity contribution in [2.24, 2.45) is 4.99 Å². The minimum absolute atomic E-state index is 0. The minimum atomic E-state index is 0. The van der Waals surface area contributed by atoms with Gasteiger partial charge < -0.3 is 15.4 Å². The van der Waals surface area contributed by atoms with Gasteiger partial charge in [-0.2, -0.15) is 0 Å². The van der Waals surface area contributed by atoms with E-state index >= 15 is 0 Å². The molecule has 0 atom stereocenters. The number of halogens is 1. The minimum Gasteiger partial charge on any atom is -0.481 e. The molecule has 0 aromatic carbocycles. The van der Waals surface area contributed by atoms with Crippen LogP contribution in [-0.2, 0) is 6.54 Å². The molecule has 0 aliphatic heterocycles. The van der Waals surface area contributed by atoms with Crippen LogP contribution >= 0.6 is 24.0 Å². The Morgan fingerprint density at radius 3 is 2.33 bits per heavy atom. The first-order valence-corrected chi connectivity index (χ1v) is 8.17. The molecule has 0 saturated heterocycles. The summed E-state index contributed by atoms with van der Waals surface area (Å²) in [7, 11) is 3.40. The SMILES string of the molecule is CN=C(NCCN(C(C)C)C(C)C)NCc1ccc(OC)nc1.I. The van der Waals surface area contributed by atoms with Crippen molar-refractivity contribution < 1.29 is 4.74 Å². The fourth-order valence-corrected chi connectivity index (χ4v) is 2.46. The van der Waals surface area contributed by atoms with Gasteiger partial charge in [0.2, 0.25) is 5.88 Å². The molecule has 0 aliphatic rings. The maximum atomic E-state index is 5.06. The van der Waals surface area contributed by atoms with Crippen LogP contribution in [0.1, 0.15) is 33.3 Å². The van der Waals surface area contributed by atoms with Crippen LogP contribution in [0, 0.1) is 0 Å². The van der Waals surface area contributed by atoms with E-state index in [1.54, 1.807) is 20.4 Å². The molecule has 0 radical (unpaired) electrons. The zero-order chi connectivity index (χ0) is 17.2. The molecule has 0 unspecified atom stereocenters. The lowest BCUT2D eigenvalue weighted by Crippen LogP contribution is -2.45. The van der Waals surface area contributed by atoms with Crippen molar-refractivity contribution in [2.45, 2.75) is 46.3 Å². The lowest BCUT2D eigenvalue weighted by molar-refractivity contribution is 0.178. The predicted molar refractivity (Wildman–Crippen MR) is 111 cm³/mol. The molecule has 0 amide bonds. The number of aliphatic imine (C=N–C) groups is 1. The highest BCUT2D eigenvalue weighted by atomic mass is 127. The number of rotatable bonds is 8. The molecule has 0 fully saturated rings. The monoisotopic (exact) mass is 449 g/mol. The van der Waals surface area contributed by atoms with Crippen molar-refractivity contribution in [3.63, 3.8) is 0 Å². The van der Waals surface area contributed by atoms with Crippen molar-refractivity contribution in [3.8, 4) is 5.88 Å². The van der Waals surface area contributed by atoms with Crippen LogP contribution in [0.2, 0.25) is 0 Å². The standard InChI is InChI=1S/C17H31N5O.HI/c1-13(2)22(14(3)4)10-9-19-17(18-5)21-12-15-7-8-16(23-6)20-11-15;/h7-8,11,13-14H,9-10,12H2,1-6H3,(H2,18,19,21);1H. The third kappa shape index (κ3) is 8.14. The summed E-state index contributed by atoms with van der Waals surface area (Å²) >= 11 is 0. The van der Waals surface area contributed by atoms with E-state index in [2.05, 4.69) is 53.2 Å². The maximum Gasteiger partial charge on any atom is 0.212 e. The van der Waals surface area contributed by atoms with Gasteiger partial charge >= 0.3 is 0 Å². The summed E-state index contributed by atoms with van der Waals surface area (Å²) in [5.41, 5.74) is 1.08. The van der Waals surface area contributed by atoms with Crippen molar-refractivity contribution in [1.29, 1.82) is 0 Å². The van der Waals surface area contributed by atoms with E-state index in [0.717, 1.165) is 24.6 Å². The zero-order valence-corrected chi connectivity index (χ0v) is 18.0. The Bertz CT molecular complexity index is 468. The Balaban J connectivity index is 0.00000529. The molecule has 2 N–H and O–H groups in total. The number of hydrogen-bond acceptors (Lipinski definition) is 4. The van der Waals surface area contributed by atoms with Crippen molar-refractivity contribution >= 4 is 29.9 Å². The van der Waals surface area contributed by atoms with Crippen LogP contribution in [0.15, 0.2) is 23.3 Å². The van der Waals surface area contributed by atoms with Gasteiger partial charge in [0.05, 0.1) is 7.11 Å². The second kappa shape index (κ2) is 12.3. The first-order valence-electron chi connectivity index (χ1n) is 8.17. The molecule has 0 aliphatic carbocycles. The fraction of sp³-hybridized carbons (Fsp3) is 0.647. The Hall–Kier alpha value is -1.09. The van der Waals surface area contributed by atoms with Gasteiger partial charge in [-0.25, -0.2) is 4.98 Å².